The van der Waals surface area contributed by atoms with Crippen molar-refractivity contribution in [2.75, 3.05) is 0 Å². The van der Waals surface area contributed by atoms with Gasteiger partial charge in [-0.25, -0.2) is 13.2 Å². The van der Waals surface area contributed by atoms with Crippen LogP contribution in [0.1, 0.15) is 40.5 Å². The first-order valence-corrected chi connectivity index (χ1v) is 11.5. The van der Waals surface area contributed by atoms with Crippen LogP contribution in [0.5, 0.6) is 0 Å². The number of aromatic amines is 1. The van der Waals surface area contributed by atoms with Crippen LogP contribution in [0.2, 0.25) is 5.02 Å². The zero-order valence-corrected chi connectivity index (χ0v) is 19.4. The predicted molar refractivity (Wildman–Crippen MR) is 117 cm³/mol. The number of carbonyl (C=O) groups is 1. The maximum Gasteiger partial charge on any atom is 0.424 e. The van der Waals surface area contributed by atoms with Gasteiger partial charge in [-0.05, 0) is 52.7 Å². The molecule has 4 rings (SSSR count). The van der Waals surface area contributed by atoms with E-state index < -0.39 is 32.8 Å². The van der Waals surface area contributed by atoms with E-state index in [-0.39, 0.29) is 15.3 Å². The Hall–Kier alpha value is -2.59. The third kappa shape index (κ3) is 3.57. The number of carbonyl (C=O) groups excluding carboxylic acids is 1. The molecule has 0 saturated heterocycles. The first-order valence-electron chi connectivity index (χ1n) is 9.70. The van der Waals surface area contributed by atoms with Gasteiger partial charge in [0.2, 0.25) is 0 Å². The van der Waals surface area contributed by atoms with Gasteiger partial charge in [0.05, 0.1) is 27.0 Å². The minimum atomic E-state index is -4.35. The summed E-state index contributed by atoms with van der Waals surface area (Å²) in [4.78, 5) is 28.0. The predicted octanol–water partition coefficient (Wildman–Crippen LogP) is 3.55. The van der Waals surface area contributed by atoms with Gasteiger partial charge >= 0.3 is 6.09 Å². The summed E-state index contributed by atoms with van der Waals surface area (Å²) in [6.45, 7) is 6.67. The van der Waals surface area contributed by atoms with Gasteiger partial charge in [0.25, 0.3) is 15.6 Å². The van der Waals surface area contributed by atoms with Crippen molar-refractivity contribution in [3.05, 3.63) is 33.7 Å². The number of H-pyrrole nitrogens is 1. The van der Waals surface area contributed by atoms with Crippen molar-refractivity contribution in [1.29, 1.82) is 0 Å². The molecule has 1 N–H and O–H groups in total. The zero-order valence-electron chi connectivity index (χ0n) is 17.8. The van der Waals surface area contributed by atoms with E-state index in [1.807, 2.05) is 0 Å². The van der Waals surface area contributed by atoms with Crippen molar-refractivity contribution in [1.82, 2.24) is 19.1 Å². The Labute approximate surface area is 184 Å². The maximum atomic E-state index is 13.6. The van der Waals surface area contributed by atoms with Crippen molar-refractivity contribution in [2.24, 2.45) is 7.05 Å². The first-order chi connectivity index (χ1) is 14.2. The SMILES string of the molecule is Cn1ncc2c3c(Cl)cc(S(=O)(=O)N(C(=O)OC(C)(C)C)C4(C)CC4)cc3c(=O)[nH]c21. The highest BCUT2D eigenvalue weighted by atomic mass is 35.5. The van der Waals surface area contributed by atoms with Gasteiger partial charge < -0.3 is 9.72 Å². The van der Waals surface area contributed by atoms with Crippen LogP contribution in [0.3, 0.4) is 0 Å². The fraction of sp³-hybridized carbons (Fsp3) is 0.450. The summed E-state index contributed by atoms with van der Waals surface area (Å²) in [5.74, 6) is 0. The quantitative estimate of drug-likeness (QED) is 0.631. The Balaban J connectivity index is 1.92. The number of amides is 1. The van der Waals surface area contributed by atoms with E-state index in [0.717, 1.165) is 4.31 Å². The van der Waals surface area contributed by atoms with E-state index >= 15 is 0 Å². The normalized spacial score (nSPS) is 15.9. The molecule has 1 amide bonds. The Morgan fingerprint density at radius 2 is 1.94 bits per heavy atom. The molecule has 0 spiro atoms. The number of halogens is 1. The van der Waals surface area contributed by atoms with E-state index in [4.69, 9.17) is 16.3 Å². The second-order valence-corrected chi connectivity index (χ2v) is 11.3. The van der Waals surface area contributed by atoms with Gasteiger partial charge in [-0.15, -0.1) is 0 Å². The Bertz CT molecular complexity index is 1400. The maximum absolute atomic E-state index is 13.6. The highest BCUT2D eigenvalue weighted by Crippen LogP contribution is 2.45. The number of fused-ring (bicyclic) bond motifs is 3. The number of aryl methyl sites for hydroxylation is 1. The minimum absolute atomic E-state index is 0.0743. The van der Waals surface area contributed by atoms with Crippen LogP contribution in [0.4, 0.5) is 4.79 Å². The number of benzene rings is 1. The molecule has 0 atom stereocenters. The number of aromatic nitrogens is 3. The number of nitrogens with zero attached hydrogens (tertiary/aromatic N) is 3. The smallest absolute Gasteiger partial charge is 0.424 e. The second-order valence-electron chi connectivity index (χ2n) is 9.06. The molecule has 1 fully saturated rings. The van der Waals surface area contributed by atoms with Crippen molar-refractivity contribution in [3.63, 3.8) is 0 Å². The van der Waals surface area contributed by atoms with Crippen LogP contribution in [0.15, 0.2) is 28.0 Å². The van der Waals surface area contributed by atoms with Gasteiger partial charge in [0.15, 0.2) is 0 Å². The molecule has 2 aromatic heterocycles. The Morgan fingerprint density at radius 1 is 1.29 bits per heavy atom. The van der Waals surface area contributed by atoms with Crippen molar-refractivity contribution >= 4 is 49.5 Å². The van der Waals surface area contributed by atoms with Crippen LogP contribution in [0.25, 0.3) is 21.8 Å². The van der Waals surface area contributed by atoms with Crippen LogP contribution in [-0.4, -0.2) is 44.7 Å². The van der Waals surface area contributed by atoms with E-state index in [0.29, 0.717) is 29.3 Å². The van der Waals surface area contributed by atoms with Crippen LogP contribution < -0.4 is 5.56 Å². The molecule has 1 aliphatic carbocycles. The Morgan fingerprint density at radius 3 is 2.52 bits per heavy atom. The number of hydrogen-bond acceptors (Lipinski definition) is 6. The average molecular weight is 467 g/mol. The molecule has 1 saturated carbocycles. The van der Waals surface area contributed by atoms with E-state index in [1.54, 1.807) is 40.9 Å². The van der Waals surface area contributed by atoms with Crippen molar-refractivity contribution in [2.45, 2.75) is 56.6 Å². The molecule has 11 heteroatoms. The lowest BCUT2D eigenvalue weighted by Gasteiger charge is -2.31. The molecule has 9 nitrogen and oxygen atoms in total. The third-order valence-corrected chi connectivity index (χ3v) is 7.51. The molecule has 166 valence electrons. The zero-order chi connectivity index (χ0) is 22.9. The molecule has 2 heterocycles. The van der Waals surface area contributed by atoms with Crippen LogP contribution in [0, 0.1) is 0 Å². The highest BCUT2D eigenvalue weighted by molar-refractivity contribution is 7.89. The lowest BCUT2D eigenvalue weighted by Crippen LogP contribution is -2.47. The number of ether oxygens (including phenoxy) is 1. The van der Waals surface area contributed by atoms with Crippen LogP contribution >= 0.6 is 11.6 Å². The average Bonchev–Trinajstić information content (AvgIpc) is 3.25. The summed E-state index contributed by atoms with van der Waals surface area (Å²) in [6, 6.07) is 2.50. The van der Waals surface area contributed by atoms with E-state index in [1.165, 1.54) is 16.8 Å². The highest BCUT2D eigenvalue weighted by Gasteiger charge is 2.53. The van der Waals surface area contributed by atoms with Gasteiger partial charge in [0.1, 0.15) is 11.2 Å². The molecule has 0 bridgehead atoms. The third-order valence-electron chi connectivity index (χ3n) is 5.31. The van der Waals surface area contributed by atoms with Gasteiger partial charge in [-0.2, -0.15) is 9.40 Å². The number of rotatable bonds is 3. The molecule has 31 heavy (non-hydrogen) atoms. The Kier molecular flexibility index (Phi) is 4.68. The van der Waals surface area contributed by atoms with Crippen LogP contribution in [-0.2, 0) is 21.8 Å². The lowest BCUT2D eigenvalue weighted by molar-refractivity contribution is 0.0332. The molecular weight excluding hydrogens is 444 g/mol. The first kappa shape index (κ1) is 21.6. The van der Waals surface area contributed by atoms with Crippen molar-refractivity contribution in [3.8, 4) is 0 Å². The van der Waals surface area contributed by atoms with E-state index in [9.17, 15) is 18.0 Å². The summed E-state index contributed by atoms with van der Waals surface area (Å²) >= 11 is 6.46. The second kappa shape index (κ2) is 6.70. The van der Waals surface area contributed by atoms with Gasteiger partial charge in [0, 0.05) is 17.8 Å². The molecule has 3 aromatic rings. The lowest BCUT2D eigenvalue weighted by atomic mass is 10.1. The molecule has 0 aliphatic heterocycles. The summed E-state index contributed by atoms with van der Waals surface area (Å²) in [7, 11) is -2.67. The number of nitrogens with one attached hydrogen (secondary N) is 1. The molecular formula is C20H23ClN4O5S. The van der Waals surface area contributed by atoms with E-state index in [2.05, 4.69) is 10.1 Å². The summed E-state index contributed by atoms with van der Waals surface area (Å²) in [5.41, 5.74) is -1.80. The molecule has 0 unspecified atom stereocenters. The monoisotopic (exact) mass is 466 g/mol. The molecule has 1 aromatic carbocycles. The van der Waals surface area contributed by atoms with Gasteiger partial charge in [-0.3, -0.25) is 9.48 Å². The minimum Gasteiger partial charge on any atom is -0.443 e. The fourth-order valence-corrected chi connectivity index (χ4v) is 5.66. The molecule has 1 aliphatic rings. The summed E-state index contributed by atoms with van der Waals surface area (Å²) in [5, 5.41) is 5.28. The number of pyridine rings is 1. The summed E-state index contributed by atoms with van der Waals surface area (Å²) in [6.07, 6.45) is 1.62. The summed E-state index contributed by atoms with van der Waals surface area (Å²) < 4.78 is 34.8. The largest absolute Gasteiger partial charge is 0.443 e. The fourth-order valence-electron chi connectivity index (χ4n) is 3.53. The number of sulfonamides is 1. The number of hydrogen-bond donors (Lipinski definition) is 1. The topological polar surface area (TPSA) is 114 Å². The van der Waals surface area contributed by atoms with Gasteiger partial charge in [-0.1, -0.05) is 11.6 Å². The van der Waals surface area contributed by atoms with Crippen molar-refractivity contribution < 1.29 is 17.9 Å². The molecule has 0 radical (unpaired) electrons. The standard InChI is InChI=1S/C20H23ClN4O5S/c1-19(2,3)30-18(27)25(20(4)6-7-20)31(28,29)11-8-12-15(14(21)9-11)13-10-22-24(5)16(13)23-17(12)26/h8-10H,6-7H2,1-5H3,(H,23,26).